The van der Waals surface area contributed by atoms with Gasteiger partial charge in [0.05, 0.1) is 5.75 Å². The van der Waals surface area contributed by atoms with Crippen molar-refractivity contribution < 1.29 is 17.9 Å². The Morgan fingerprint density at radius 1 is 1.28 bits per heavy atom. The van der Waals surface area contributed by atoms with E-state index in [4.69, 9.17) is 16.3 Å². The molecule has 0 spiro atoms. The van der Waals surface area contributed by atoms with Crippen molar-refractivity contribution in [1.29, 1.82) is 0 Å². The van der Waals surface area contributed by atoms with E-state index in [9.17, 15) is 13.2 Å². The summed E-state index contributed by atoms with van der Waals surface area (Å²) >= 11 is 5.38. The van der Waals surface area contributed by atoms with Gasteiger partial charge in [-0.2, -0.15) is 0 Å². The second kappa shape index (κ2) is 7.23. The molecule has 0 bridgehead atoms. The van der Waals surface area contributed by atoms with Crippen LogP contribution in [0.25, 0.3) is 0 Å². The molecule has 1 aromatic rings. The van der Waals surface area contributed by atoms with Gasteiger partial charge in [-0.3, -0.25) is 0 Å². The third kappa shape index (κ3) is 5.88. The number of alkyl halides is 1. The summed E-state index contributed by atoms with van der Waals surface area (Å²) in [6, 6.07) is 8.98. The van der Waals surface area contributed by atoms with Crippen molar-refractivity contribution in [3.8, 4) is 0 Å². The van der Waals surface area contributed by atoms with Crippen LogP contribution in [0, 0.1) is 0 Å². The smallest absolute Gasteiger partial charge is 0.421 e. The number of hydrogen-bond acceptors (Lipinski definition) is 4. The van der Waals surface area contributed by atoms with Crippen LogP contribution >= 0.6 is 11.6 Å². The Bertz CT molecular complexity index is 475. The van der Waals surface area contributed by atoms with E-state index in [1.54, 1.807) is 24.3 Å². The van der Waals surface area contributed by atoms with Crippen molar-refractivity contribution in [2.75, 3.05) is 11.6 Å². The van der Waals surface area contributed by atoms with Crippen LogP contribution in [0.4, 0.5) is 4.79 Å². The molecule has 1 rings (SSSR count). The van der Waals surface area contributed by atoms with Gasteiger partial charge < -0.3 is 4.74 Å². The molecule has 1 N–H and O–H groups in total. The molecule has 1 amide bonds. The quantitative estimate of drug-likeness (QED) is 0.812. The molecule has 0 atom stereocenters. The molecule has 18 heavy (non-hydrogen) atoms. The summed E-state index contributed by atoms with van der Waals surface area (Å²) in [5.41, 5.74) is 0.783. The molecule has 0 saturated heterocycles. The molecule has 0 unspecified atom stereocenters. The number of hydrogen-bond donors (Lipinski definition) is 1. The lowest BCUT2D eigenvalue weighted by Crippen LogP contribution is -2.33. The lowest BCUT2D eigenvalue weighted by molar-refractivity contribution is 0.146. The molecule has 0 radical (unpaired) electrons. The number of carbonyl (C=O) groups is 1. The predicted molar refractivity (Wildman–Crippen MR) is 68.9 cm³/mol. The molecule has 1 aromatic carbocycles. The van der Waals surface area contributed by atoms with E-state index in [0.29, 0.717) is 0 Å². The number of amides is 1. The van der Waals surface area contributed by atoms with Gasteiger partial charge in [0.25, 0.3) is 0 Å². The zero-order valence-corrected chi connectivity index (χ0v) is 11.2. The lowest BCUT2D eigenvalue weighted by Gasteiger charge is -2.07. The highest BCUT2D eigenvalue weighted by molar-refractivity contribution is 7.90. The fourth-order valence-electron chi connectivity index (χ4n) is 1.18. The monoisotopic (exact) mass is 291 g/mol. The first-order valence-corrected chi connectivity index (χ1v) is 7.49. The first-order valence-electron chi connectivity index (χ1n) is 5.30. The summed E-state index contributed by atoms with van der Waals surface area (Å²) in [5.74, 6) is 0.0247. The molecule has 5 nitrogen and oxygen atoms in total. The number of ether oxygens (including phenoxy) is 1. The zero-order valence-electron chi connectivity index (χ0n) is 9.63. The minimum absolute atomic E-state index is 0.0255. The zero-order chi connectivity index (χ0) is 13.4. The number of benzene rings is 1. The number of rotatable bonds is 6. The third-order valence-electron chi connectivity index (χ3n) is 2.00. The van der Waals surface area contributed by atoms with Gasteiger partial charge >= 0.3 is 6.09 Å². The molecule has 0 fully saturated rings. The van der Waals surface area contributed by atoms with Gasteiger partial charge in [-0.05, 0) is 12.0 Å². The molecule has 0 heterocycles. The molecule has 0 aliphatic carbocycles. The van der Waals surface area contributed by atoms with Crippen molar-refractivity contribution in [2.24, 2.45) is 0 Å². The average molecular weight is 292 g/mol. The van der Waals surface area contributed by atoms with E-state index in [-0.39, 0.29) is 24.7 Å². The van der Waals surface area contributed by atoms with Gasteiger partial charge in [-0.1, -0.05) is 30.3 Å². The van der Waals surface area contributed by atoms with Crippen LogP contribution < -0.4 is 4.72 Å². The Morgan fingerprint density at radius 2 is 1.94 bits per heavy atom. The summed E-state index contributed by atoms with van der Waals surface area (Å²) in [4.78, 5) is 11.2. The van der Waals surface area contributed by atoms with Crippen LogP contribution in [0.3, 0.4) is 0 Å². The van der Waals surface area contributed by atoms with Gasteiger partial charge in [0.2, 0.25) is 10.0 Å². The van der Waals surface area contributed by atoms with Crippen molar-refractivity contribution in [1.82, 2.24) is 4.72 Å². The largest absolute Gasteiger partial charge is 0.444 e. The maximum absolute atomic E-state index is 11.3. The van der Waals surface area contributed by atoms with Gasteiger partial charge in [0, 0.05) is 5.88 Å². The van der Waals surface area contributed by atoms with E-state index in [0.717, 1.165) is 5.56 Å². The average Bonchev–Trinajstić information content (AvgIpc) is 2.35. The topological polar surface area (TPSA) is 72.5 Å². The summed E-state index contributed by atoms with van der Waals surface area (Å²) in [6.07, 6.45) is -0.698. The normalized spacial score (nSPS) is 10.9. The van der Waals surface area contributed by atoms with E-state index in [1.807, 2.05) is 10.8 Å². The number of nitrogens with one attached hydrogen (secondary N) is 1. The fourth-order valence-corrected chi connectivity index (χ4v) is 2.41. The number of halogens is 1. The van der Waals surface area contributed by atoms with Crippen molar-refractivity contribution in [3.05, 3.63) is 35.9 Å². The Morgan fingerprint density at radius 3 is 2.56 bits per heavy atom. The van der Waals surface area contributed by atoms with E-state index in [1.165, 1.54) is 0 Å². The Kier molecular flexibility index (Phi) is 5.94. The van der Waals surface area contributed by atoms with Crippen LogP contribution in [-0.4, -0.2) is 26.1 Å². The summed E-state index contributed by atoms with van der Waals surface area (Å²) in [5, 5.41) is 0. The first kappa shape index (κ1) is 14.8. The lowest BCUT2D eigenvalue weighted by atomic mass is 10.2. The minimum Gasteiger partial charge on any atom is -0.444 e. The van der Waals surface area contributed by atoms with E-state index < -0.39 is 16.1 Å². The highest BCUT2D eigenvalue weighted by Gasteiger charge is 2.14. The summed E-state index contributed by atoms with van der Waals surface area (Å²) < 4.78 is 29.3. The Balaban J connectivity index is 2.38. The molecule has 0 aliphatic heterocycles. The highest BCUT2D eigenvalue weighted by Crippen LogP contribution is 2.01. The molecule has 100 valence electrons. The van der Waals surface area contributed by atoms with Gasteiger partial charge in [0.15, 0.2) is 0 Å². The second-order valence-electron chi connectivity index (χ2n) is 3.53. The van der Waals surface area contributed by atoms with Crippen LogP contribution in [0.2, 0.25) is 0 Å². The first-order chi connectivity index (χ1) is 8.53. The highest BCUT2D eigenvalue weighted by atomic mass is 35.5. The SMILES string of the molecule is O=C(NS(=O)(=O)CCCCl)OCc1ccccc1. The fraction of sp³-hybridized carbons (Fsp3) is 0.364. The number of sulfonamides is 1. The molecular weight excluding hydrogens is 278 g/mol. The third-order valence-corrected chi connectivity index (χ3v) is 3.57. The molecular formula is C11H14ClNO4S. The van der Waals surface area contributed by atoms with Crippen LogP contribution in [0.15, 0.2) is 30.3 Å². The predicted octanol–water partition coefficient (Wildman–Crippen LogP) is 1.87. The van der Waals surface area contributed by atoms with Crippen LogP contribution in [0.5, 0.6) is 0 Å². The molecule has 0 saturated carbocycles. The van der Waals surface area contributed by atoms with Crippen molar-refractivity contribution in [3.63, 3.8) is 0 Å². The van der Waals surface area contributed by atoms with Crippen molar-refractivity contribution >= 4 is 27.7 Å². The van der Waals surface area contributed by atoms with E-state index in [2.05, 4.69) is 0 Å². The molecule has 0 aliphatic rings. The maximum Gasteiger partial charge on any atom is 0.421 e. The second-order valence-corrected chi connectivity index (χ2v) is 5.75. The van der Waals surface area contributed by atoms with Crippen LogP contribution in [0.1, 0.15) is 12.0 Å². The Hall–Kier alpha value is -1.27. The Labute approximate surface area is 111 Å². The minimum atomic E-state index is -3.66. The molecule has 0 aromatic heterocycles. The van der Waals surface area contributed by atoms with Gasteiger partial charge in [-0.25, -0.2) is 17.9 Å². The van der Waals surface area contributed by atoms with E-state index >= 15 is 0 Å². The number of carbonyl (C=O) groups excluding carboxylic acids is 1. The van der Waals surface area contributed by atoms with Gasteiger partial charge in [0.1, 0.15) is 6.61 Å². The standard InChI is InChI=1S/C11H14ClNO4S/c12-7-4-8-18(15,16)13-11(14)17-9-10-5-2-1-3-6-10/h1-3,5-6H,4,7-9H2,(H,13,14). The summed E-state index contributed by atoms with van der Waals surface area (Å²) in [6.45, 7) is 0.0255. The van der Waals surface area contributed by atoms with Crippen LogP contribution in [-0.2, 0) is 21.4 Å². The van der Waals surface area contributed by atoms with Gasteiger partial charge in [-0.15, -0.1) is 11.6 Å². The molecule has 7 heteroatoms. The maximum atomic E-state index is 11.3. The summed E-state index contributed by atoms with van der Waals surface area (Å²) in [7, 11) is -3.66. The van der Waals surface area contributed by atoms with Crippen molar-refractivity contribution in [2.45, 2.75) is 13.0 Å².